The molecule has 29 heavy (non-hydrogen) atoms. The molecule has 0 bridgehead atoms. The van der Waals surface area contributed by atoms with Crippen molar-refractivity contribution in [2.45, 2.75) is 45.4 Å². The van der Waals surface area contributed by atoms with E-state index in [0.29, 0.717) is 36.8 Å². The number of piperidine rings is 1. The molecule has 8 nitrogen and oxygen atoms in total. The van der Waals surface area contributed by atoms with E-state index in [1.54, 1.807) is 18.0 Å². The van der Waals surface area contributed by atoms with E-state index in [1.807, 2.05) is 30.1 Å². The molecule has 1 aliphatic heterocycles. The predicted molar refractivity (Wildman–Crippen MR) is 107 cm³/mol. The van der Waals surface area contributed by atoms with E-state index >= 15 is 0 Å². The van der Waals surface area contributed by atoms with Gasteiger partial charge >= 0.3 is 0 Å². The van der Waals surface area contributed by atoms with Crippen LogP contribution in [0.5, 0.6) is 0 Å². The summed E-state index contributed by atoms with van der Waals surface area (Å²) in [4.78, 5) is 33.0. The number of hydrogen-bond acceptors (Lipinski definition) is 6. The Hall–Kier alpha value is -2.77. The van der Waals surface area contributed by atoms with Gasteiger partial charge in [-0.15, -0.1) is 0 Å². The van der Waals surface area contributed by atoms with Crippen LogP contribution < -0.4 is 0 Å². The molecule has 8 heteroatoms. The van der Waals surface area contributed by atoms with Crippen LogP contribution in [0.25, 0.3) is 0 Å². The molecule has 0 spiro atoms. The monoisotopic (exact) mass is 399 g/mol. The number of likely N-dealkylation sites (tertiary alicyclic amines) is 1. The highest BCUT2D eigenvalue weighted by molar-refractivity contribution is 5.78. The van der Waals surface area contributed by atoms with E-state index in [9.17, 15) is 9.59 Å². The Labute approximate surface area is 171 Å². The standard InChI is InChI=1S/C21H29N5O3/c1-16-19(24-29-23-16)14-21(28)26-12-5-6-17(15-26)8-9-20(27)25(2)13-10-18-7-3-4-11-22-18/h3-4,7,11,17H,5-6,8-10,12-15H2,1-2H3. The molecule has 156 valence electrons. The van der Waals surface area contributed by atoms with Gasteiger partial charge in [0.05, 0.1) is 6.42 Å². The van der Waals surface area contributed by atoms with E-state index in [1.165, 1.54) is 0 Å². The van der Waals surface area contributed by atoms with Crippen molar-refractivity contribution < 1.29 is 14.2 Å². The van der Waals surface area contributed by atoms with Crippen LogP contribution >= 0.6 is 0 Å². The van der Waals surface area contributed by atoms with Gasteiger partial charge in [-0.25, -0.2) is 4.63 Å². The van der Waals surface area contributed by atoms with Gasteiger partial charge in [0.1, 0.15) is 11.4 Å². The normalized spacial score (nSPS) is 16.6. The molecule has 1 aliphatic rings. The third-order valence-electron chi connectivity index (χ3n) is 5.56. The Balaban J connectivity index is 1.41. The number of likely N-dealkylation sites (N-methyl/N-ethyl adjacent to an activating group) is 1. The molecule has 1 atom stereocenters. The SMILES string of the molecule is Cc1nonc1CC(=O)N1CCCC(CCC(=O)N(C)CCc2ccccn2)C1. The number of aryl methyl sites for hydroxylation is 1. The Morgan fingerprint density at radius 3 is 2.90 bits per heavy atom. The summed E-state index contributed by atoms with van der Waals surface area (Å²) < 4.78 is 4.67. The van der Waals surface area contributed by atoms with Gasteiger partial charge in [0, 0.05) is 51.4 Å². The highest BCUT2D eigenvalue weighted by Crippen LogP contribution is 2.22. The molecule has 3 heterocycles. The van der Waals surface area contributed by atoms with Gasteiger partial charge in [0.15, 0.2) is 0 Å². The van der Waals surface area contributed by atoms with Crippen LogP contribution in [0.3, 0.4) is 0 Å². The number of carbonyl (C=O) groups is 2. The van der Waals surface area contributed by atoms with Crippen molar-refractivity contribution in [3.05, 3.63) is 41.5 Å². The summed E-state index contributed by atoms with van der Waals surface area (Å²) in [5, 5.41) is 7.53. The second-order valence-electron chi connectivity index (χ2n) is 7.75. The van der Waals surface area contributed by atoms with Crippen LogP contribution in [0.1, 0.15) is 42.8 Å². The van der Waals surface area contributed by atoms with Gasteiger partial charge in [0.2, 0.25) is 11.8 Å². The molecule has 0 saturated carbocycles. The van der Waals surface area contributed by atoms with Gasteiger partial charge in [-0.2, -0.15) is 0 Å². The Kier molecular flexibility index (Phi) is 7.32. The number of amides is 2. The molecule has 1 fully saturated rings. The highest BCUT2D eigenvalue weighted by Gasteiger charge is 2.25. The predicted octanol–water partition coefficient (Wildman–Crippen LogP) is 2.04. The van der Waals surface area contributed by atoms with Crippen LogP contribution in [-0.4, -0.2) is 63.6 Å². The minimum atomic E-state index is 0.0484. The smallest absolute Gasteiger partial charge is 0.228 e. The van der Waals surface area contributed by atoms with Gasteiger partial charge in [-0.3, -0.25) is 14.6 Å². The molecule has 0 N–H and O–H groups in total. The molecular formula is C21H29N5O3. The van der Waals surface area contributed by atoms with Gasteiger partial charge in [0.25, 0.3) is 0 Å². The first kappa shape index (κ1) is 21.0. The van der Waals surface area contributed by atoms with Crippen molar-refractivity contribution in [3.8, 4) is 0 Å². The maximum Gasteiger partial charge on any atom is 0.228 e. The molecule has 1 saturated heterocycles. The first-order valence-electron chi connectivity index (χ1n) is 10.2. The summed E-state index contributed by atoms with van der Waals surface area (Å²) in [5.41, 5.74) is 2.25. The van der Waals surface area contributed by atoms with Crippen LogP contribution in [-0.2, 0) is 22.4 Å². The van der Waals surface area contributed by atoms with Crippen LogP contribution in [0.2, 0.25) is 0 Å². The molecule has 2 aromatic heterocycles. The summed E-state index contributed by atoms with van der Waals surface area (Å²) in [7, 11) is 1.84. The number of nitrogens with zero attached hydrogens (tertiary/aromatic N) is 5. The molecule has 0 radical (unpaired) electrons. The average Bonchev–Trinajstić information content (AvgIpc) is 3.15. The van der Waals surface area contributed by atoms with Crippen LogP contribution in [0, 0.1) is 12.8 Å². The Morgan fingerprint density at radius 1 is 1.31 bits per heavy atom. The Bertz CT molecular complexity index is 808. The molecule has 0 aliphatic carbocycles. The molecule has 0 aromatic carbocycles. The molecule has 2 amide bonds. The fraction of sp³-hybridized carbons (Fsp3) is 0.571. The second kappa shape index (κ2) is 10.1. The second-order valence-corrected chi connectivity index (χ2v) is 7.75. The highest BCUT2D eigenvalue weighted by atomic mass is 16.6. The van der Waals surface area contributed by atoms with E-state index in [4.69, 9.17) is 0 Å². The lowest BCUT2D eigenvalue weighted by molar-refractivity contribution is -0.132. The number of rotatable bonds is 8. The molecular weight excluding hydrogens is 370 g/mol. The summed E-state index contributed by atoms with van der Waals surface area (Å²) in [5.74, 6) is 0.554. The maximum atomic E-state index is 12.6. The quantitative estimate of drug-likeness (QED) is 0.674. The minimum Gasteiger partial charge on any atom is -0.345 e. The zero-order chi connectivity index (χ0) is 20.6. The zero-order valence-corrected chi connectivity index (χ0v) is 17.2. The molecule has 2 aromatic rings. The fourth-order valence-corrected chi connectivity index (χ4v) is 3.66. The number of carbonyl (C=O) groups excluding carboxylic acids is 2. The largest absolute Gasteiger partial charge is 0.345 e. The van der Waals surface area contributed by atoms with Gasteiger partial charge < -0.3 is 9.80 Å². The minimum absolute atomic E-state index is 0.0484. The average molecular weight is 399 g/mol. The van der Waals surface area contributed by atoms with Crippen molar-refractivity contribution in [3.63, 3.8) is 0 Å². The van der Waals surface area contributed by atoms with Crippen molar-refractivity contribution in [1.29, 1.82) is 0 Å². The molecule has 1 unspecified atom stereocenters. The Morgan fingerprint density at radius 2 is 2.17 bits per heavy atom. The summed E-state index contributed by atoms with van der Waals surface area (Å²) in [6.07, 6.45) is 6.09. The summed E-state index contributed by atoms with van der Waals surface area (Å²) >= 11 is 0. The maximum absolute atomic E-state index is 12.6. The lowest BCUT2D eigenvalue weighted by atomic mass is 9.93. The zero-order valence-electron chi connectivity index (χ0n) is 17.2. The van der Waals surface area contributed by atoms with Crippen molar-refractivity contribution in [2.24, 2.45) is 5.92 Å². The third kappa shape index (κ3) is 6.10. The van der Waals surface area contributed by atoms with Gasteiger partial charge in [-0.1, -0.05) is 16.4 Å². The number of aromatic nitrogens is 3. The van der Waals surface area contributed by atoms with E-state index < -0.39 is 0 Å². The first-order valence-corrected chi connectivity index (χ1v) is 10.2. The fourth-order valence-electron chi connectivity index (χ4n) is 3.66. The van der Waals surface area contributed by atoms with Crippen molar-refractivity contribution in [2.75, 3.05) is 26.7 Å². The lowest BCUT2D eigenvalue weighted by Crippen LogP contribution is -2.41. The van der Waals surface area contributed by atoms with E-state index in [2.05, 4.69) is 19.9 Å². The van der Waals surface area contributed by atoms with Crippen LogP contribution in [0.4, 0.5) is 0 Å². The first-order chi connectivity index (χ1) is 14.0. The lowest BCUT2D eigenvalue weighted by Gasteiger charge is -2.33. The van der Waals surface area contributed by atoms with E-state index in [-0.39, 0.29) is 18.2 Å². The summed E-state index contributed by atoms with van der Waals surface area (Å²) in [6, 6.07) is 5.82. The van der Waals surface area contributed by atoms with Crippen LogP contribution in [0.15, 0.2) is 29.0 Å². The van der Waals surface area contributed by atoms with E-state index in [0.717, 1.165) is 37.9 Å². The topological polar surface area (TPSA) is 92.4 Å². The van der Waals surface area contributed by atoms with Crippen molar-refractivity contribution in [1.82, 2.24) is 25.1 Å². The molecule has 3 rings (SSSR count). The summed E-state index contributed by atoms with van der Waals surface area (Å²) in [6.45, 7) is 3.91. The number of hydrogen-bond donors (Lipinski definition) is 0. The van der Waals surface area contributed by atoms with Crippen molar-refractivity contribution >= 4 is 11.8 Å². The third-order valence-corrected chi connectivity index (χ3v) is 5.56. The number of pyridine rings is 1. The van der Waals surface area contributed by atoms with Gasteiger partial charge in [-0.05, 0) is 44.2 Å².